The second-order valence-electron chi connectivity index (χ2n) is 2.76. The van der Waals surface area contributed by atoms with Crippen molar-refractivity contribution in [3.8, 4) is 0 Å². The molecule has 0 bridgehead atoms. The predicted molar refractivity (Wildman–Crippen MR) is 54.6 cm³/mol. The van der Waals surface area contributed by atoms with Crippen LogP contribution in [0.3, 0.4) is 0 Å². The fraction of sp³-hybridized carbons (Fsp3) is 0.444. The first-order valence-corrected chi connectivity index (χ1v) is 4.52. The van der Waals surface area contributed by atoms with Gasteiger partial charge in [0, 0.05) is 6.54 Å². The quantitative estimate of drug-likeness (QED) is 0.599. The van der Waals surface area contributed by atoms with E-state index in [1.165, 1.54) is 6.08 Å². The third-order valence-corrected chi connectivity index (χ3v) is 1.57. The van der Waals surface area contributed by atoms with Gasteiger partial charge >= 0.3 is 12.1 Å². The molecule has 0 spiro atoms. The Kier molecular flexibility index (Phi) is 6.53. The summed E-state index contributed by atoms with van der Waals surface area (Å²) in [7, 11) is 0. The number of hydrogen-bond donors (Lipinski definition) is 2. The first-order chi connectivity index (χ1) is 7.52. The summed E-state index contributed by atoms with van der Waals surface area (Å²) < 4.78 is 4.61. The second kappa shape index (κ2) is 7.41. The van der Waals surface area contributed by atoms with Crippen LogP contribution in [0.5, 0.6) is 0 Å². The molecule has 0 rings (SSSR count). The zero-order valence-corrected chi connectivity index (χ0v) is 8.72. The molecule has 0 aliphatic heterocycles. The van der Waals surface area contributed by atoms with Crippen LogP contribution in [0.4, 0.5) is 4.79 Å². The van der Waals surface area contributed by atoms with Crippen LogP contribution in [0.1, 0.15) is 6.42 Å². The van der Waals surface area contributed by atoms with Crippen molar-refractivity contribution in [3.05, 3.63) is 12.7 Å². The van der Waals surface area contributed by atoms with E-state index in [9.17, 15) is 14.4 Å². The average Bonchev–Trinajstić information content (AvgIpc) is 2.25. The highest BCUT2D eigenvalue weighted by atomic mass is 16.6. The van der Waals surface area contributed by atoms with E-state index in [1.54, 1.807) is 0 Å². The molecular formula is C9H14N2O5. The Morgan fingerprint density at radius 3 is 2.50 bits per heavy atom. The van der Waals surface area contributed by atoms with Gasteiger partial charge in [-0.25, -0.2) is 9.69 Å². The van der Waals surface area contributed by atoms with E-state index in [4.69, 9.17) is 10.8 Å². The number of amides is 2. The van der Waals surface area contributed by atoms with E-state index in [-0.39, 0.29) is 26.1 Å². The summed E-state index contributed by atoms with van der Waals surface area (Å²) in [4.78, 5) is 33.5. The molecule has 0 radical (unpaired) electrons. The van der Waals surface area contributed by atoms with Gasteiger partial charge in [0.05, 0.1) is 13.0 Å². The Labute approximate surface area is 92.5 Å². The van der Waals surface area contributed by atoms with E-state index in [1.807, 2.05) is 0 Å². The van der Waals surface area contributed by atoms with Gasteiger partial charge in [-0.3, -0.25) is 9.59 Å². The Balaban J connectivity index is 4.40. The number of aliphatic carboxylic acids is 1. The first-order valence-electron chi connectivity index (χ1n) is 4.52. The van der Waals surface area contributed by atoms with Crippen LogP contribution in [0.2, 0.25) is 0 Å². The monoisotopic (exact) mass is 230 g/mol. The second-order valence-corrected chi connectivity index (χ2v) is 2.76. The third kappa shape index (κ3) is 5.11. The fourth-order valence-corrected chi connectivity index (χ4v) is 0.844. The van der Waals surface area contributed by atoms with Crippen LogP contribution in [-0.2, 0) is 14.3 Å². The summed E-state index contributed by atoms with van der Waals surface area (Å²) in [5, 5.41) is 8.44. The molecule has 0 aromatic carbocycles. The summed E-state index contributed by atoms with van der Waals surface area (Å²) in [6.45, 7) is 2.63. The molecule has 90 valence electrons. The van der Waals surface area contributed by atoms with Crippen LogP contribution in [0, 0.1) is 0 Å². The van der Waals surface area contributed by atoms with Crippen molar-refractivity contribution in [2.75, 3.05) is 19.7 Å². The minimum absolute atomic E-state index is 0.0553. The molecule has 0 aliphatic rings. The van der Waals surface area contributed by atoms with Crippen molar-refractivity contribution in [2.24, 2.45) is 5.73 Å². The molecule has 0 atom stereocenters. The fourth-order valence-electron chi connectivity index (χ4n) is 0.844. The van der Waals surface area contributed by atoms with Gasteiger partial charge in [0.1, 0.15) is 6.61 Å². The normalized spacial score (nSPS) is 9.31. The van der Waals surface area contributed by atoms with Crippen molar-refractivity contribution in [3.63, 3.8) is 0 Å². The number of carbonyl (C=O) groups is 3. The van der Waals surface area contributed by atoms with Gasteiger partial charge in [-0.05, 0) is 0 Å². The summed E-state index contributed by atoms with van der Waals surface area (Å²) in [5.74, 6) is -1.80. The maximum Gasteiger partial charge on any atom is 0.416 e. The minimum atomic E-state index is -1.12. The summed E-state index contributed by atoms with van der Waals surface area (Å²) in [6, 6.07) is 0. The molecule has 16 heavy (non-hydrogen) atoms. The minimum Gasteiger partial charge on any atom is -0.481 e. The highest BCUT2D eigenvalue weighted by Gasteiger charge is 2.21. The lowest BCUT2D eigenvalue weighted by Gasteiger charge is -2.18. The molecule has 0 saturated heterocycles. The number of carboxylic acids is 1. The van der Waals surface area contributed by atoms with Gasteiger partial charge in [-0.2, -0.15) is 0 Å². The summed E-state index contributed by atoms with van der Waals surface area (Å²) in [5.41, 5.74) is 5.08. The van der Waals surface area contributed by atoms with Gasteiger partial charge in [0.15, 0.2) is 0 Å². The van der Waals surface area contributed by atoms with Crippen molar-refractivity contribution in [1.82, 2.24) is 4.90 Å². The standard InChI is InChI=1S/C9H14N2O5/c1-2-5-16-9(15)11(7(12)6-10)4-3-8(13)14/h2H,1,3-6,10H2,(H,13,14). The topological polar surface area (TPSA) is 110 Å². The van der Waals surface area contributed by atoms with E-state index >= 15 is 0 Å². The van der Waals surface area contributed by atoms with E-state index in [2.05, 4.69) is 11.3 Å². The third-order valence-electron chi connectivity index (χ3n) is 1.57. The van der Waals surface area contributed by atoms with Gasteiger partial charge in [-0.1, -0.05) is 12.7 Å². The number of imide groups is 1. The number of rotatable bonds is 6. The van der Waals surface area contributed by atoms with E-state index < -0.39 is 18.0 Å². The molecule has 7 heteroatoms. The molecule has 0 heterocycles. The zero-order valence-electron chi connectivity index (χ0n) is 8.72. The number of hydrogen-bond acceptors (Lipinski definition) is 5. The summed E-state index contributed by atoms with van der Waals surface area (Å²) in [6.07, 6.45) is 0.0615. The van der Waals surface area contributed by atoms with Gasteiger partial charge in [0.2, 0.25) is 5.91 Å². The highest BCUT2D eigenvalue weighted by molar-refractivity contribution is 5.93. The Bertz CT molecular complexity index is 290. The van der Waals surface area contributed by atoms with Crippen molar-refractivity contribution in [1.29, 1.82) is 0 Å². The van der Waals surface area contributed by atoms with Gasteiger partial charge in [-0.15, -0.1) is 0 Å². The van der Waals surface area contributed by atoms with Crippen LogP contribution in [-0.4, -0.2) is 47.7 Å². The maximum absolute atomic E-state index is 11.3. The van der Waals surface area contributed by atoms with Crippen LogP contribution < -0.4 is 5.73 Å². The van der Waals surface area contributed by atoms with Gasteiger partial charge in [0.25, 0.3) is 0 Å². The number of nitrogens with two attached hydrogens (primary N) is 1. The molecule has 0 aromatic rings. The van der Waals surface area contributed by atoms with Crippen LogP contribution in [0.25, 0.3) is 0 Å². The van der Waals surface area contributed by atoms with E-state index in [0.29, 0.717) is 4.90 Å². The lowest BCUT2D eigenvalue weighted by atomic mass is 10.4. The van der Waals surface area contributed by atoms with Crippen LogP contribution >= 0.6 is 0 Å². The average molecular weight is 230 g/mol. The molecule has 0 fully saturated rings. The van der Waals surface area contributed by atoms with E-state index in [0.717, 1.165) is 0 Å². The van der Waals surface area contributed by atoms with Crippen molar-refractivity contribution < 1.29 is 24.2 Å². The maximum atomic E-state index is 11.3. The molecule has 0 aliphatic carbocycles. The lowest BCUT2D eigenvalue weighted by Crippen LogP contribution is -2.42. The Morgan fingerprint density at radius 2 is 2.06 bits per heavy atom. The zero-order chi connectivity index (χ0) is 12.6. The molecule has 0 unspecified atom stereocenters. The molecule has 0 saturated carbocycles. The van der Waals surface area contributed by atoms with Crippen LogP contribution in [0.15, 0.2) is 12.7 Å². The highest BCUT2D eigenvalue weighted by Crippen LogP contribution is 1.97. The largest absolute Gasteiger partial charge is 0.481 e. The Morgan fingerprint density at radius 1 is 1.44 bits per heavy atom. The summed E-state index contributed by atoms with van der Waals surface area (Å²) >= 11 is 0. The lowest BCUT2D eigenvalue weighted by molar-refractivity contribution is -0.137. The predicted octanol–water partition coefficient (Wildman–Crippen LogP) is -0.429. The van der Waals surface area contributed by atoms with Crippen molar-refractivity contribution >= 4 is 18.0 Å². The van der Waals surface area contributed by atoms with Gasteiger partial charge < -0.3 is 15.6 Å². The molecular weight excluding hydrogens is 216 g/mol. The SMILES string of the molecule is C=CCOC(=O)N(CCC(=O)O)C(=O)CN. The Hall–Kier alpha value is -1.89. The molecule has 3 N–H and O–H groups in total. The molecule has 7 nitrogen and oxygen atoms in total. The number of nitrogens with zero attached hydrogens (tertiary/aromatic N) is 1. The first kappa shape index (κ1) is 14.1. The molecule has 0 aromatic heterocycles. The molecule has 2 amide bonds. The number of carbonyl (C=O) groups excluding carboxylic acids is 2. The number of carboxylic acid groups (broad SMARTS) is 1. The van der Waals surface area contributed by atoms with Crippen molar-refractivity contribution in [2.45, 2.75) is 6.42 Å². The number of ether oxygens (including phenoxy) is 1. The smallest absolute Gasteiger partial charge is 0.416 e.